The monoisotopic (exact) mass is 1130 g/mol. The molecule has 0 saturated carbocycles. The van der Waals surface area contributed by atoms with Crippen molar-refractivity contribution in [3.05, 3.63) is 131 Å². The number of hydrogen-bond acceptors (Lipinski definition) is 14. The standard InChI is InChI=1S/C60H71N9O11S/c1-35(2)30-49(55(74)66-50(31-36(3)4)56(75)65-48(57(76)77)12-9-11-28-61-54(73)37-14-16-38(17-15-37)67-68-39-18-21-41(22-19-39)69(5)6)64-53(72)13-8-7-10-29-62-59(81)63-40-20-25-45-44(32-40)58(78)80-60(45)46-26-23-42(70)33-51(46)79-52-34-43(71)24-27-47(52)60/h14-27,32-36,48-50,70-71H,7-13,28-31H2,1-6H3,(H,61,73)(H,64,72)(H,65,75)(H,66,74)(H,76,77)(H2,62,63,81)/t48-,49+,50-/m0/s1. The number of aliphatic carboxylic acids is 1. The zero-order chi connectivity index (χ0) is 58.4. The van der Waals surface area contributed by atoms with Crippen LogP contribution in [0.1, 0.15) is 123 Å². The zero-order valence-electron chi connectivity index (χ0n) is 46.3. The minimum Gasteiger partial charge on any atom is -0.508 e. The van der Waals surface area contributed by atoms with Crippen molar-refractivity contribution < 1.29 is 53.6 Å². The van der Waals surface area contributed by atoms with Crippen LogP contribution in [0.2, 0.25) is 0 Å². The highest BCUT2D eigenvalue weighted by atomic mass is 32.1. The number of carboxylic acid groups (broad SMARTS) is 1. The first-order valence-corrected chi connectivity index (χ1v) is 27.6. The molecule has 0 aliphatic carbocycles. The molecular weight excluding hydrogens is 1050 g/mol. The maximum absolute atomic E-state index is 13.8. The fourth-order valence-corrected chi connectivity index (χ4v) is 9.83. The number of fused-ring (bicyclic) bond motifs is 6. The van der Waals surface area contributed by atoms with E-state index in [-0.39, 0.29) is 72.5 Å². The van der Waals surface area contributed by atoms with E-state index in [9.17, 15) is 44.1 Å². The summed E-state index contributed by atoms with van der Waals surface area (Å²) < 4.78 is 12.2. The number of amides is 4. The summed E-state index contributed by atoms with van der Waals surface area (Å²) in [6.07, 6.45) is 3.44. The van der Waals surface area contributed by atoms with Crippen molar-refractivity contribution in [2.75, 3.05) is 37.4 Å². The van der Waals surface area contributed by atoms with Gasteiger partial charge in [0.1, 0.15) is 41.1 Å². The number of phenols is 2. The number of carbonyl (C=O) groups excluding carboxylic acids is 5. The average Bonchev–Trinajstić information content (AvgIpc) is 2.10. The molecule has 5 aromatic carbocycles. The maximum Gasteiger partial charge on any atom is 0.340 e. The van der Waals surface area contributed by atoms with Crippen LogP contribution in [-0.2, 0) is 29.5 Å². The summed E-state index contributed by atoms with van der Waals surface area (Å²) in [4.78, 5) is 81.4. The Morgan fingerprint density at radius 2 is 1.19 bits per heavy atom. The van der Waals surface area contributed by atoms with Crippen LogP contribution in [0.15, 0.2) is 113 Å². The Labute approximate surface area is 476 Å². The molecule has 428 valence electrons. The second-order valence-electron chi connectivity index (χ2n) is 21.2. The minimum atomic E-state index is -1.39. The second-order valence-corrected chi connectivity index (χ2v) is 21.6. The van der Waals surface area contributed by atoms with Crippen molar-refractivity contribution in [3.63, 3.8) is 0 Å². The number of hydrogen-bond donors (Lipinski definition) is 9. The fourth-order valence-electron chi connectivity index (χ4n) is 9.61. The summed E-state index contributed by atoms with van der Waals surface area (Å²) in [6.45, 7) is 8.35. The lowest BCUT2D eigenvalue weighted by Gasteiger charge is -2.36. The Balaban J connectivity index is 0.821. The molecule has 0 radical (unpaired) electrons. The van der Waals surface area contributed by atoms with Gasteiger partial charge in [-0.1, -0.05) is 40.2 Å². The Morgan fingerprint density at radius 1 is 0.642 bits per heavy atom. The molecule has 0 fully saturated rings. The van der Waals surface area contributed by atoms with Gasteiger partial charge in [0.25, 0.3) is 5.91 Å². The van der Waals surface area contributed by atoms with Crippen molar-refractivity contribution in [1.29, 1.82) is 0 Å². The van der Waals surface area contributed by atoms with Gasteiger partial charge in [0.05, 0.1) is 16.9 Å². The number of benzene rings is 5. The molecule has 2 aliphatic heterocycles. The quantitative estimate of drug-likeness (QED) is 0.0108. The molecule has 3 atom stereocenters. The largest absolute Gasteiger partial charge is 0.508 e. The first kappa shape index (κ1) is 60.1. The molecule has 20 nitrogen and oxygen atoms in total. The number of ether oxygens (including phenoxy) is 2. The summed E-state index contributed by atoms with van der Waals surface area (Å²) >= 11 is 5.56. The van der Waals surface area contributed by atoms with Crippen LogP contribution in [-0.4, -0.2) is 101 Å². The van der Waals surface area contributed by atoms with Crippen LogP contribution in [0.25, 0.3) is 0 Å². The highest BCUT2D eigenvalue weighted by Gasteiger charge is 2.53. The summed E-state index contributed by atoms with van der Waals surface area (Å²) in [5.74, 6) is -3.19. The molecule has 81 heavy (non-hydrogen) atoms. The van der Waals surface area contributed by atoms with E-state index < -0.39 is 47.5 Å². The third kappa shape index (κ3) is 15.8. The summed E-state index contributed by atoms with van der Waals surface area (Å²) in [6, 6.07) is 25.4. The molecule has 0 aromatic heterocycles. The fraction of sp³-hybridized carbons (Fsp3) is 0.383. The lowest BCUT2D eigenvalue weighted by Crippen LogP contribution is -2.56. The van der Waals surface area contributed by atoms with E-state index in [1.165, 1.54) is 24.3 Å². The molecule has 0 saturated heterocycles. The number of thiocarbonyl (C=S) groups is 1. The molecule has 0 bridgehead atoms. The number of nitrogens with zero attached hydrogens (tertiary/aromatic N) is 3. The second kappa shape index (κ2) is 27.5. The number of carbonyl (C=O) groups is 6. The number of aromatic hydroxyl groups is 2. The number of phenolic OH excluding ortho intramolecular Hbond substituents is 2. The van der Waals surface area contributed by atoms with Gasteiger partial charge in [0.2, 0.25) is 17.7 Å². The molecule has 2 heterocycles. The molecule has 5 aromatic rings. The Kier molecular flexibility index (Phi) is 20.4. The molecule has 1 spiro atoms. The molecule has 7 rings (SSSR count). The van der Waals surface area contributed by atoms with Gasteiger partial charge in [-0.2, -0.15) is 10.2 Å². The van der Waals surface area contributed by atoms with E-state index in [1.54, 1.807) is 54.6 Å². The van der Waals surface area contributed by atoms with Crippen LogP contribution >= 0.6 is 12.2 Å². The van der Waals surface area contributed by atoms with Gasteiger partial charge < -0.3 is 61.6 Å². The molecule has 0 unspecified atom stereocenters. The number of carboxylic acids is 1. The Morgan fingerprint density at radius 3 is 1.77 bits per heavy atom. The van der Waals surface area contributed by atoms with E-state index >= 15 is 0 Å². The van der Waals surface area contributed by atoms with Gasteiger partial charge >= 0.3 is 11.9 Å². The van der Waals surface area contributed by atoms with Crippen molar-refractivity contribution >= 4 is 75.6 Å². The summed E-state index contributed by atoms with van der Waals surface area (Å²) in [7, 11) is 3.91. The van der Waals surface area contributed by atoms with Crippen LogP contribution < -0.4 is 41.5 Å². The van der Waals surface area contributed by atoms with Crippen molar-refractivity contribution in [3.8, 4) is 23.0 Å². The third-order valence-corrected chi connectivity index (χ3v) is 13.9. The van der Waals surface area contributed by atoms with Crippen LogP contribution in [0.5, 0.6) is 23.0 Å². The van der Waals surface area contributed by atoms with E-state index in [4.69, 9.17) is 21.7 Å². The lowest BCUT2D eigenvalue weighted by molar-refractivity contribution is -0.142. The van der Waals surface area contributed by atoms with Crippen molar-refractivity contribution in [1.82, 2.24) is 26.6 Å². The third-order valence-electron chi connectivity index (χ3n) is 13.7. The van der Waals surface area contributed by atoms with Crippen molar-refractivity contribution in [2.24, 2.45) is 22.1 Å². The Bertz CT molecular complexity index is 3080. The van der Waals surface area contributed by atoms with E-state index in [2.05, 4.69) is 42.1 Å². The van der Waals surface area contributed by atoms with Gasteiger partial charge in [-0.25, -0.2) is 9.59 Å². The van der Waals surface area contributed by atoms with Gasteiger partial charge in [-0.15, -0.1) is 0 Å². The predicted molar refractivity (Wildman–Crippen MR) is 311 cm³/mol. The number of azo groups is 1. The highest BCUT2D eigenvalue weighted by molar-refractivity contribution is 7.80. The first-order chi connectivity index (χ1) is 38.7. The molecular formula is C60H71N9O11S. The number of anilines is 2. The highest BCUT2D eigenvalue weighted by Crippen LogP contribution is 2.57. The first-order valence-electron chi connectivity index (χ1n) is 27.2. The van der Waals surface area contributed by atoms with E-state index in [0.717, 1.165) is 5.69 Å². The smallest absolute Gasteiger partial charge is 0.340 e. The number of nitrogens with one attached hydrogen (secondary N) is 6. The summed E-state index contributed by atoms with van der Waals surface area (Å²) in [5, 5.41) is 56.7. The Hall–Kier alpha value is -8.59. The number of unbranched alkanes of at least 4 members (excludes halogenated alkanes) is 3. The summed E-state index contributed by atoms with van der Waals surface area (Å²) in [5.41, 5.74) is 3.77. The number of esters is 1. The number of rotatable bonds is 26. The molecule has 21 heteroatoms. The van der Waals surface area contributed by atoms with E-state index in [1.807, 2.05) is 71.0 Å². The lowest BCUT2D eigenvalue weighted by atomic mass is 9.77. The molecule has 9 N–H and O–H groups in total. The molecule has 4 amide bonds. The zero-order valence-corrected chi connectivity index (χ0v) is 47.2. The van der Waals surface area contributed by atoms with Crippen LogP contribution in [0.4, 0.5) is 22.7 Å². The van der Waals surface area contributed by atoms with Crippen LogP contribution in [0.3, 0.4) is 0 Å². The predicted octanol–water partition coefficient (Wildman–Crippen LogP) is 9.23. The van der Waals surface area contributed by atoms with Gasteiger partial charge in [0, 0.05) is 79.4 Å². The minimum absolute atomic E-state index is 0.0142. The SMILES string of the molecule is CC(C)C[C@H](NC(=O)[C@@H](CC(C)C)NC(=O)CCCCCNC(=S)Nc1ccc2c(c1)C(=O)OC21c2ccc(O)cc2Oc2cc(O)ccc21)C(=O)N[C@@H](CCCCNC(=O)c1ccc(N=Nc2ccc(N(C)C)cc2)cc1)C(=O)O. The van der Waals surface area contributed by atoms with E-state index in [0.29, 0.717) is 95.1 Å². The normalized spacial score (nSPS) is 13.9. The van der Waals surface area contributed by atoms with Crippen LogP contribution in [0, 0.1) is 11.8 Å². The molecule has 2 aliphatic rings. The van der Waals surface area contributed by atoms with Gasteiger partial charge in [0.15, 0.2) is 10.7 Å². The topological polar surface area (TPSA) is 282 Å². The van der Waals surface area contributed by atoms with Crippen molar-refractivity contribution in [2.45, 2.75) is 109 Å². The average molecular weight is 1130 g/mol. The van der Waals surface area contributed by atoms with Gasteiger partial charge in [-0.3, -0.25) is 19.2 Å². The maximum atomic E-state index is 13.8. The van der Waals surface area contributed by atoms with Gasteiger partial charge in [-0.05, 0) is 154 Å².